The molecule has 16 heavy (non-hydrogen) atoms. The van der Waals surface area contributed by atoms with Crippen molar-refractivity contribution in [2.24, 2.45) is 0 Å². The van der Waals surface area contributed by atoms with Crippen molar-refractivity contribution < 1.29 is 18.3 Å². The largest absolute Gasteiger partial charge is 0.378 e. The van der Waals surface area contributed by atoms with E-state index in [1.54, 1.807) is 0 Å². The van der Waals surface area contributed by atoms with Gasteiger partial charge in [-0.2, -0.15) is 0 Å². The first-order valence-electron chi connectivity index (χ1n) is 5.01. The molecule has 1 aliphatic heterocycles. The molecule has 0 aromatic heterocycles. The molecule has 2 rings (SSSR count). The van der Waals surface area contributed by atoms with Gasteiger partial charge in [0.1, 0.15) is 17.2 Å². The highest BCUT2D eigenvalue weighted by atomic mass is 19.1. The van der Waals surface area contributed by atoms with E-state index in [2.05, 4.69) is 0 Å². The minimum absolute atomic E-state index is 0.368. The molecule has 1 aromatic carbocycles. The van der Waals surface area contributed by atoms with Crippen molar-refractivity contribution in [1.29, 1.82) is 0 Å². The molecule has 1 amide bonds. The number of hydrogen-bond acceptors (Lipinski definition) is 2. The number of carbonyl (C=O) groups is 1. The monoisotopic (exact) mass is 227 g/mol. The second-order valence-electron chi connectivity index (χ2n) is 3.50. The number of amides is 1. The van der Waals surface area contributed by atoms with E-state index in [4.69, 9.17) is 4.74 Å². The molecule has 1 saturated heterocycles. The molecule has 0 N–H and O–H groups in total. The van der Waals surface area contributed by atoms with Crippen molar-refractivity contribution in [3.05, 3.63) is 35.4 Å². The van der Waals surface area contributed by atoms with Crippen LogP contribution in [0.25, 0.3) is 0 Å². The van der Waals surface area contributed by atoms with E-state index < -0.39 is 23.1 Å². The summed E-state index contributed by atoms with van der Waals surface area (Å²) in [7, 11) is 0. The minimum atomic E-state index is -0.823. The topological polar surface area (TPSA) is 29.5 Å². The Hall–Kier alpha value is -1.49. The molecule has 5 heteroatoms. The van der Waals surface area contributed by atoms with E-state index in [0.717, 1.165) is 12.1 Å². The number of ether oxygens (including phenoxy) is 1. The molecule has 1 heterocycles. The third-order valence-electron chi connectivity index (χ3n) is 2.47. The van der Waals surface area contributed by atoms with Gasteiger partial charge in [-0.15, -0.1) is 0 Å². The van der Waals surface area contributed by atoms with E-state index in [9.17, 15) is 13.6 Å². The van der Waals surface area contributed by atoms with Crippen molar-refractivity contribution in [3.63, 3.8) is 0 Å². The van der Waals surface area contributed by atoms with Crippen LogP contribution in [0, 0.1) is 11.6 Å². The number of hydrogen-bond donors (Lipinski definition) is 0. The maximum atomic E-state index is 13.3. The highest BCUT2D eigenvalue weighted by molar-refractivity contribution is 5.94. The Balaban J connectivity index is 2.26. The molecule has 0 bridgehead atoms. The number of morpholine rings is 1. The first-order valence-corrected chi connectivity index (χ1v) is 5.01. The van der Waals surface area contributed by atoms with Gasteiger partial charge >= 0.3 is 0 Å². The van der Waals surface area contributed by atoms with Gasteiger partial charge in [-0.1, -0.05) is 6.07 Å². The van der Waals surface area contributed by atoms with Crippen molar-refractivity contribution in [2.75, 3.05) is 26.3 Å². The van der Waals surface area contributed by atoms with Crippen LogP contribution in [-0.4, -0.2) is 37.1 Å². The Morgan fingerprint density at radius 2 is 1.75 bits per heavy atom. The smallest absolute Gasteiger partial charge is 0.259 e. The normalized spacial score (nSPS) is 16.2. The van der Waals surface area contributed by atoms with E-state index in [1.807, 2.05) is 0 Å². The van der Waals surface area contributed by atoms with Gasteiger partial charge in [0.2, 0.25) is 0 Å². The molecule has 1 aromatic rings. The van der Waals surface area contributed by atoms with Crippen LogP contribution in [0.15, 0.2) is 18.2 Å². The summed E-state index contributed by atoms with van der Waals surface area (Å²) < 4.78 is 31.7. The maximum absolute atomic E-state index is 13.3. The Morgan fingerprint density at radius 1 is 1.19 bits per heavy atom. The summed E-state index contributed by atoms with van der Waals surface area (Å²) >= 11 is 0. The van der Waals surface area contributed by atoms with E-state index in [-0.39, 0.29) is 0 Å². The van der Waals surface area contributed by atoms with E-state index in [0.29, 0.717) is 26.3 Å². The maximum Gasteiger partial charge on any atom is 0.259 e. The van der Waals surface area contributed by atoms with Gasteiger partial charge < -0.3 is 9.64 Å². The number of rotatable bonds is 1. The van der Waals surface area contributed by atoms with Crippen molar-refractivity contribution >= 4 is 5.91 Å². The van der Waals surface area contributed by atoms with E-state index in [1.165, 1.54) is 11.0 Å². The van der Waals surface area contributed by atoms with Gasteiger partial charge in [-0.05, 0) is 12.1 Å². The fraction of sp³-hybridized carbons (Fsp3) is 0.364. The Labute approximate surface area is 91.6 Å². The van der Waals surface area contributed by atoms with Crippen LogP contribution in [0.5, 0.6) is 0 Å². The van der Waals surface area contributed by atoms with Gasteiger partial charge in [0, 0.05) is 13.1 Å². The Kier molecular flexibility index (Phi) is 3.14. The summed E-state index contributed by atoms with van der Waals surface area (Å²) in [6.45, 7) is 1.54. The van der Waals surface area contributed by atoms with Crippen LogP contribution in [-0.2, 0) is 4.74 Å². The summed E-state index contributed by atoms with van der Waals surface area (Å²) in [4.78, 5) is 13.2. The molecule has 0 saturated carbocycles. The third-order valence-corrected chi connectivity index (χ3v) is 2.47. The van der Waals surface area contributed by atoms with Crippen molar-refractivity contribution in [1.82, 2.24) is 4.90 Å². The lowest BCUT2D eigenvalue weighted by molar-refractivity contribution is 0.0296. The molecule has 0 spiro atoms. The highest BCUT2D eigenvalue weighted by Crippen LogP contribution is 2.15. The van der Waals surface area contributed by atoms with Gasteiger partial charge in [-0.3, -0.25) is 4.79 Å². The number of benzene rings is 1. The molecule has 0 unspecified atom stereocenters. The van der Waals surface area contributed by atoms with Crippen LogP contribution < -0.4 is 0 Å². The zero-order valence-corrected chi connectivity index (χ0v) is 8.58. The van der Waals surface area contributed by atoms with Crippen LogP contribution in [0.1, 0.15) is 10.4 Å². The number of halogens is 2. The minimum Gasteiger partial charge on any atom is -0.378 e. The summed E-state index contributed by atoms with van der Waals surface area (Å²) in [5, 5.41) is 0. The lowest BCUT2D eigenvalue weighted by atomic mass is 10.1. The Morgan fingerprint density at radius 3 is 2.31 bits per heavy atom. The molecule has 0 radical (unpaired) electrons. The van der Waals surface area contributed by atoms with E-state index >= 15 is 0 Å². The highest BCUT2D eigenvalue weighted by Gasteiger charge is 2.24. The van der Waals surface area contributed by atoms with Crippen LogP contribution in [0.4, 0.5) is 8.78 Å². The zero-order valence-electron chi connectivity index (χ0n) is 8.58. The zero-order chi connectivity index (χ0) is 11.5. The predicted molar refractivity (Wildman–Crippen MR) is 53.1 cm³/mol. The van der Waals surface area contributed by atoms with Crippen molar-refractivity contribution in [3.8, 4) is 0 Å². The molecule has 1 aliphatic rings. The second kappa shape index (κ2) is 4.57. The van der Waals surface area contributed by atoms with Crippen LogP contribution in [0.3, 0.4) is 0 Å². The van der Waals surface area contributed by atoms with Gasteiger partial charge in [0.25, 0.3) is 5.91 Å². The average Bonchev–Trinajstić information content (AvgIpc) is 2.30. The fourth-order valence-electron chi connectivity index (χ4n) is 1.63. The van der Waals surface area contributed by atoms with Crippen LogP contribution >= 0.6 is 0 Å². The first-order chi connectivity index (χ1) is 7.70. The predicted octanol–water partition coefficient (Wildman–Crippen LogP) is 1.44. The molecule has 0 aliphatic carbocycles. The van der Waals surface area contributed by atoms with Crippen LogP contribution in [0.2, 0.25) is 0 Å². The first kappa shape index (κ1) is 11.0. The van der Waals surface area contributed by atoms with Gasteiger partial charge in [-0.25, -0.2) is 8.78 Å². The lowest BCUT2D eigenvalue weighted by Gasteiger charge is -2.27. The third kappa shape index (κ3) is 2.04. The molecule has 1 fully saturated rings. The van der Waals surface area contributed by atoms with Gasteiger partial charge in [0.05, 0.1) is 13.2 Å². The van der Waals surface area contributed by atoms with Crippen molar-refractivity contribution in [2.45, 2.75) is 0 Å². The molecular formula is C11H11F2NO2. The summed E-state index contributed by atoms with van der Waals surface area (Å²) in [5.74, 6) is -2.26. The number of nitrogens with zero attached hydrogens (tertiary/aromatic N) is 1. The molecule has 86 valence electrons. The summed E-state index contributed by atoms with van der Waals surface area (Å²) in [5.41, 5.74) is -0.482. The summed E-state index contributed by atoms with van der Waals surface area (Å²) in [6.07, 6.45) is 0. The number of carbonyl (C=O) groups excluding carboxylic acids is 1. The second-order valence-corrected chi connectivity index (χ2v) is 3.50. The quantitative estimate of drug-likeness (QED) is 0.726. The summed E-state index contributed by atoms with van der Waals surface area (Å²) in [6, 6.07) is 3.40. The Bertz CT molecular complexity index is 383. The SMILES string of the molecule is O=C(c1c(F)cccc1F)N1CCOCC1. The molecule has 3 nitrogen and oxygen atoms in total. The molecular weight excluding hydrogens is 216 g/mol. The average molecular weight is 227 g/mol. The van der Waals surface area contributed by atoms with Gasteiger partial charge in [0.15, 0.2) is 0 Å². The lowest BCUT2D eigenvalue weighted by Crippen LogP contribution is -2.41. The standard InChI is InChI=1S/C11H11F2NO2/c12-8-2-1-3-9(13)10(8)11(15)14-4-6-16-7-5-14/h1-3H,4-7H2. The molecule has 0 atom stereocenters. The fourth-order valence-corrected chi connectivity index (χ4v) is 1.63.